The molecule has 1 aromatic carbocycles. The molecule has 2 rings (SSSR count). The van der Waals surface area contributed by atoms with Crippen molar-refractivity contribution in [1.82, 2.24) is 9.97 Å². The molecule has 0 saturated carbocycles. The molecular weight excluding hydrogens is 316 g/mol. The Kier molecular flexibility index (Phi) is 10.2. The fraction of sp³-hybridized carbons (Fsp3) is 0.625. The second-order valence-corrected chi connectivity index (χ2v) is 7.65. The molecule has 0 amide bonds. The number of unbranched alkanes of at least 4 members (excludes halogenated alkanes) is 6. The summed E-state index contributed by atoms with van der Waals surface area (Å²) in [5.74, 6) is 1.85. The molecule has 0 bridgehead atoms. The highest BCUT2D eigenvalue weighted by molar-refractivity contribution is 5.25. The van der Waals surface area contributed by atoms with Gasteiger partial charge in [-0.3, -0.25) is 0 Å². The molecule has 2 heteroatoms. The van der Waals surface area contributed by atoms with Crippen molar-refractivity contribution in [3.63, 3.8) is 0 Å². The fourth-order valence-corrected chi connectivity index (χ4v) is 3.79. The van der Waals surface area contributed by atoms with E-state index < -0.39 is 0 Å². The minimum atomic E-state index is 0.720. The summed E-state index contributed by atoms with van der Waals surface area (Å²) in [6, 6.07) is 9.51. The fourth-order valence-electron chi connectivity index (χ4n) is 3.79. The van der Waals surface area contributed by atoms with Crippen molar-refractivity contribution in [2.75, 3.05) is 0 Å². The van der Waals surface area contributed by atoms with Crippen LogP contribution in [-0.4, -0.2) is 9.97 Å². The van der Waals surface area contributed by atoms with Gasteiger partial charge in [0.1, 0.15) is 5.82 Å². The van der Waals surface area contributed by atoms with Crippen LogP contribution < -0.4 is 0 Å². The van der Waals surface area contributed by atoms with E-state index in [1.54, 1.807) is 0 Å². The largest absolute Gasteiger partial charge is 0.349 e. The number of aryl methyl sites for hydroxylation is 2. The molecule has 2 aromatic rings. The van der Waals surface area contributed by atoms with Crippen LogP contribution in [0.15, 0.2) is 36.7 Å². The van der Waals surface area contributed by atoms with Gasteiger partial charge in [-0.1, -0.05) is 76.6 Å². The summed E-state index contributed by atoms with van der Waals surface area (Å²) in [5, 5.41) is 0. The number of rotatable bonds is 14. The Labute approximate surface area is 160 Å². The van der Waals surface area contributed by atoms with Gasteiger partial charge in [0.25, 0.3) is 0 Å². The summed E-state index contributed by atoms with van der Waals surface area (Å²) < 4.78 is 0. The molecule has 26 heavy (non-hydrogen) atoms. The van der Waals surface area contributed by atoms with Gasteiger partial charge in [0.15, 0.2) is 0 Å². The van der Waals surface area contributed by atoms with Crippen molar-refractivity contribution in [3.05, 3.63) is 53.6 Å². The van der Waals surface area contributed by atoms with Gasteiger partial charge in [-0.25, -0.2) is 4.98 Å². The van der Waals surface area contributed by atoms with Crippen molar-refractivity contribution in [3.8, 4) is 0 Å². The van der Waals surface area contributed by atoms with E-state index in [4.69, 9.17) is 0 Å². The molecular formula is C24H38N2. The number of nitrogens with zero attached hydrogens (tertiary/aromatic N) is 1. The first-order valence-electron chi connectivity index (χ1n) is 10.9. The maximum absolute atomic E-state index is 4.30. The highest BCUT2D eigenvalue weighted by Crippen LogP contribution is 2.26. The Bertz CT molecular complexity index is 556. The molecule has 0 saturated heterocycles. The van der Waals surface area contributed by atoms with E-state index in [0.29, 0.717) is 0 Å². The first-order valence-corrected chi connectivity index (χ1v) is 10.9. The van der Waals surface area contributed by atoms with E-state index in [1.807, 2.05) is 12.4 Å². The third-order valence-electron chi connectivity index (χ3n) is 5.53. The molecule has 1 unspecified atom stereocenters. The molecule has 2 nitrogen and oxygen atoms in total. The van der Waals surface area contributed by atoms with Crippen LogP contribution in [0.4, 0.5) is 0 Å². The molecule has 0 aliphatic heterocycles. The molecule has 0 radical (unpaired) electrons. The van der Waals surface area contributed by atoms with Gasteiger partial charge in [-0.15, -0.1) is 0 Å². The Balaban J connectivity index is 1.66. The average Bonchev–Trinajstić information content (AvgIpc) is 3.19. The Morgan fingerprint density at radius 1 is 0.846 bits per heavy atom. The second kappa shape index (κ2) is 12.7. The van der Waals surface area contributed by atoms with Crippen molar-refractivity contribution >= 4 is 0 Å². The standard InChI is InChI=1S/C24H38N2/c1-3-5-6-7-9-12-21-15-17-23(18-16-21)22(4-2)13-10-8-11-14-24-25-19-20-26-24/h15-20,22H,3-14H2,1-2H3,(H,25,26). The minimum absolute atomic E-state index is 0.720. The number of aromatic nitrogens is 2. The van der Waals surface area contributed by atoms with Gasteiger partial charge >= 0.3 is 0 Å². The van der Waals surface area contributed by atoms with Crippen molar-refractivity contribution in [2.24, 2.45) is 0 Å². The quantitative estimate of drug-likeness (QED) is 0.356. The Morgan fingerprint density at radius 2 is 1.58 bits per heavy atom. The van der Waals surface area contributed by atoms with Gasteiger partial charge in [0.2, 0.25) is 0 Å². The minimum Gasteiger partial charge on any atom is -0.349 e. The van der Waals surface area contributed by atoms with Crippen molar-refractivity contribution in [2.45, 2.75) is 96.8 Å². The van der Waals surface area contributed by atoms with Crippen LogP contribution in [0.3, 0.4) is 0 Å². The molecule has 1 heterocycles. The maximum atomic E-state index is 4.30. The lowest BCUT2D eigenvalue weighted by Crippen LogP contribution is -1.99. The zero-order valence-corrected chi connectivity index (χ0v) is 17.0. The van der Waals surface area contributed by atoms with Crippen LogP contribution >= 0.6 is 0 Å². The molecule has 144 valence electrons. The van der Waals surface area contributed by atoms with E-state index >= 15 is 0 Å². The average molecular weight is 355 g/mol. The van der Waals surface area contributed by atoms with Crippen LogP contribution in [0.5, 0.6) is 0 Å². The lowest BCUT2D eigenvalue weighted by atomic mass is 9.90. The van der Waals surface area contributed by atoms with E-state index in [9.17, 15) is 0 Å². The third-order valence-corrected chi connectivity index (χ3v) is 5.53. The first-order chi connectivity index (χ1) is 12.8. The zero-order chi connectivity index (χ0) is 18.5. The van der Waals surface area contributed by atoms with Crippen molar-refractivity contribution < 1.29 is 0 Å². The second-order valence-electron chi connectivity index (χ2n) is 7.65. The summed E-state index contributed by atoms with van der Waals surface area (Å²) in [6.07, 6.45) is 19.3. The molecule has 0 aliphatic rings. The SMILES string of the molecule is CCCCCCCc1ccc(C(CC)CCCCCc2ncc[nH]2)cc1. The van der Waals surface area contributed by atoms with Crippen molar-refractivity contribution in [1.29, 1.82) is 0 Å². The maximum Gasteiger partial charge on any atom is 0.105 e. The lowest BCUT2D eigenvalue weighted by molar-refractivity contribution is 0.543. The van der Waals surface area contributed by atoms with E-state index in [0.717, 1.165) is 18.2 Å². The van der Waals surface area contributed by atoms with Gasteiger partial charge < -0.3 is 4.98 Å². The molecule has 1 aromatic heterocycles. The van der Waals surface area contributed by atoms with Crippen LogP contribution in [-0.2, 0) is 12.8 Å². The topological polar surface area (TPSA) is 28.7 Å². The zero-order valence-electron chi connectivity index (χ0n) is 17.0. The van der Waals surface area contributed by atoms with Gasteiger partial charge in [0, 0.05) is 18.8 Å². The Morgan fingerprint density at radius 3 is 2.27 bits per heavy atom. The predicted molar refractivity (Wildman–Crippen MR) is 113 cm³/mol. The van der Waals surface area contributed by atoms with E-state index in [2.05, 4.69) is 48.1 Å². The summed E-state index contributed by atoms with van der Waals surface area (Å²) in [6.45, 7) is 4.61. The molecule has 1 N–H and O–H groups in total. The van der Waals surface area contributed by atoms with Gasteiger partial charge in [-0.05, 0) is 49.1 Å². The first kappa shape index (κ1) is 20.7. The lowest BCUT2D eigenvalue weighted by Gasteiger charge is -2.16. The number of benzene rings is 1. The van der Waals surface area contributed by atoms with Crippen LogP contribution in [0, 0.1) is 0 Å². The number of imidazole rings is 1. The Hall–Kier alpha value is -1.57. The molecule has 1 atom stereocenters. The monoisotopic (exact) mass is 354 g/mol. The molecule has 0 fully saturated rings. The number of hydrogen-bond acceptors (Lipinski definition) is 1. The predicted octanol–water partition coefficient (Wildman–Crippen LogP) is 7.22. The normalized spacial score (nSPS) is 12.4. The highest BCUT2D eigenvalue weighted by atomic mass is 14.9. The van der Waals surface area contributed by atoms with E-state index in [-0.39, 0.29) is 0 Å². The van der Waals surface area contributed by atoms with Crippen LogP contribution in [0.1, 0.15) is 101 Å². The molecule has 0 spiro atoms. The number of aromatic amines is 1. The number of H-pyrrole nitrogens is 1. The summed E-state index contributed by atoms with van der Waals surface area (Å²) in [5.41, 5.74) is 3.05. The number of hydrogen-bond donors (Lipinski definition) is 1. The highest BCUT2D eigenvalue weighted by Gasteiger charge is 2.09. The van der Waals surface area contributed by atoms with E-state index in [1.165, 1.54) is 81.8 Å². The van der Waals surface area contributed by atoms with Gasteiger partial charge in [-0.2, -0.15) is 0 Å². The third kappa shape index (κ3) is 7.76. The summed E-state index contributed by atoms with van der Waals surface area (Å²) >= 11 is 0. The molecule has 0 aliphatic carbocycles. The summed E-state index contributed by atoms with van der Waals surface area (Å²) in [4.78, 5) is 7.49. The summed E-state index contributed by atoms with van der Waals surface area (Å²) in [7, 11) is 0. The smallest absolute Gasteiger partial charge is 0.105 e. The van der Waals surface area contributed by atoms with Gasteiger partial charge in [0.05, 0.1) is 0 Å². The van der Waals surface area contributed by atoms with Crippen LogP contribution in [0.25, 0.3) is 0 Å². The number of nitrogens with one attached hydrogen (secondary N) is 1. The van der Waals surface area contributed by atoms with Crippen LogP contribution in [0.2, 0.25) is 0 Å².